The fourth-order valence-corrected chi connectivity index (χ4v) is 4.61. The Hall–Kier alpha value is -2.81. The zero-order valence-corrected chi connectivity index (χ0v) is 16.2. The van der Waals surface area contributed by atoms with Gasteiger partial charge in [0.15, 0.2) is 5.78 Å². The van der Waals surface area contributed by atoms with Crippen LogP contribution in [0.4, 0.5) is 17.1 Å². The SMILES string of the molecule is CCOP(=O)(OCC)C(Nc1ccccc1[N+](=O)[O-])c1ccccc1[N+](=O)[O-]. The number of anilines is 1. The molecule has 28 heavy (non-hydrogen) atoms. The van der Waals surface area contributed by atoms with Crippen LogP contribution in [0.1, 0.15) is 25.2 Å². The van der Waals surface area contributed by atoms with E-state index < -0.39 is 23.2 Å². The maximum absolute atomic E-state index is 13.5. The molecule has 0 radical (unpaired) electrons. The second-order valence-electron chi connectivity index (χ2n) is 5.51. The predicted molar refractivity (Wildman–Crippen MR) is 103 cm³/mol. The van der Waals surface area contributed by atoms with Crippen molar-refractivity contribution in [3.63, 3.8) is 0 Å². The van der Waals surface area contributed by atoms with E-state index in [-0.39, 0.29) is 35.8 Å². The van der Waals surface area contributed by atoms with Crippen LogP contribution >= 0.6 is 7.60 Å². The Labute approximate surface area is 161 Å². The van der Waals surface area contributed by atoms with Crippen molar-refractivity contribution in [2.45, 2.75) is 19.6 Å². The Morgan fingerprint density at radius 1 is 0.929 bits per heavy atom. The number of para-hydroxylation sites is 3. The average molecular weight is 409 g/mol. The molecule has 1 atom stereocenters. The Morgan fingerprint density at radius 2 is 1.43 bits per heavy atom. The molecule has 0 aromatic heterocycles. The third-order valence-electron chi connectivity index (χ3n) is 3.76. The molecule has 2 rings (SSSR count). The van der Waals surface area contributed by atoms with Crippen LogP contribution < -0.4 is 5.32 Å². The van der Waals surface area contributed by atoms with E-state index in [1.807, 2.05) is 0 Å². The van der Waals surface area contributed by atoms with E-state index in [2.05, 4.69) is 5.32 Å². The van der Waals surface area contributed by atoms with Crippen molar-refractivity contribution in [1.82, 2.24) is 0 Å². The van der Waals surface area contributed by atoms with Crippen LogP contribution in [0, 0.1) is 20.2 Å². The van der Waals surface area contributed by atoms with Crippen LogP contribution in [0.25, 0.3) is 0 Å². The molecule has 0 heterocycles. The molecular weight excluding hydrogens is 389 g/mol. The molecule has 2 aromatic carbocycles. The zero-order chi connectivity index (χ0) is 20.7. The Balaban J connectivity index is 2.66. The van der Waals surface area contributed by atoms with Crippen LogP contribution in [-0.4, -0.2) is 23.1 Å². The molecule has 0 fully saturated rings. The summed E-state index contributed by atoms with van der Waals surface area (Å²) >= 11 is 0. The maximum atomic E-state index is 13.5. The molecule has 0 aliphatic carbocycles. The van der Waals surface area contributed by atoms with Gasteiger partial charge in [0.25, 0.3) is 11.4 Å². The molecule has 0 aliphatic rings. The lowest BCUT2D eigenvalue weighted by molar-refractivity contribution is -0.385. The van der Waals surface area contributed by atoms with Crippen LogP contribution in [0.2, 0.25) is 0 Å². The molecule has 0 saturated carbocycles. The summed E-state index contributed by atoms with van der Waals surface area (Å²) in [4.78, 5) is 21.6. The number of nitro benzene ring substituents is 2. The summed E-state index contributed by atoms with van der Waals surface area (Å²) < 4.78 is 24.2. The number of rotatable bonds is 10. The van der Waals surface area contributed by atoms with E-state index in [0.717, 1.165) is 0 Å². The monoisotopic (exact) mass is 409 g/mol. The molecule has 0 bridgehead atoms. The molecule has 1 N–H and O–H groups in total. The molecule has 0 aliphatic heterocycles. The lowest BCUT2D eigenvalue weighted by Crippen LogP contribution is -2.17. The van der Waals surface area contributed by atoms with Gasteiger partial charge in [-0.2, -0.15) is 0 Å². The van der Waals surface area contributed by atoms with E-state index in [1.54, 1.807) is 26.0 Å². The van der Waals surface area contributed by atoms with Crippen molar-refractivity contribution in [2.75, 3.05) is 18.5 Å². The summed E-state index contributed by atoms with van der Waals surface area (Å²) in [5, 5.41) is 25.6. The number of hydrogen-bond donors (Lipinski definition) is 1. The van der Waals surface area contributed by atoms with Gasteiger partial charge in [0.05, 0.1) is 28.6 Å². The number of nitro groups is 2. The highest BCUT2D eigenvalue weighted by Crippen LogP contribution is 2.62. The molecule has 2 aromatic rings. The highest BCUT2D eigenvalue weighted by molar-refractivity contribution is 7.54. The van der Waals surface area contributed by atoms with Gasteiger partial charge < -0.3 is 14.4 Å². The Bertz CT molecular complexity index is 896. The molecule has 0 spiro atoms. The van der Waals surface area contributed by atoms with Crippen LogP contribution in [-0.2, 0) is 13.6 Å². The van der Waals surface area contributed by atoms with E-state index in [1.165, 1.54) is 36.4 Å². The van der Waals surface area contributed by atoms with Crippen molar-refractivity contribution in [2.24, 2.45) is 0 Å². The second-order valence-corrected chi connectivity index (χ2v) is 7.62. The van der Waals surface area contributed by atoms with E-state index in [0.29, 0.717) is 0 Å². The second kappa shape index (κ2) is 9.41. The standard InChI is InChI=1S/C17H20N3O7P/c1-3-26-28(25,27-4-2)17(13-9-5-7-11-15(13)19(21)22)18-14-10-6-8-12-16(14)20(23)24/h5-12,17-18H,3-4H2,1-2H3. The zero-order valence-electron chi connectivity index (χ0n) is 15.3. The van der Waals surface area contributed by atoms with Crippen molar-refractivity contribution in [3.8, 4) is 0 Å². The number of hydrogen-bond acceptors (Lipinski definition) is 8. The quantitative estimate of drug-likeness (QED) is 0.333. The van der Waals surface area contributed by atoms with Gasteiger partial charge in [-0.1, -0.05) is 24.3 Å². The lowest BCUT2D eigenvalue weighted by atomic mass is 10.1. The first-order chi connectivity index (χ1) is 13.3. The van der Waals surface area contributed by atoms with E-state index in [9.17, 15) is 24.8 Å². The Morgan fingerprint density at radius 3 is 1.96 bits per heavy atom. The summed E-state index contributed by atoms with van der Waals surface area (Å²) in [6.07, 6.45) is 0. The first-order valence-electron chi connectivity index (χ1n) is 8.46. The average Bonchev–Trinajstić information content (AvgIpc) is 2.66. The summed E-state index contributed by atoms with van der Waals surface area (Å²) in [5.41, 5.74) is -0.505. The van der Waals surface area contributed by atoms with Crippen molar-refractivity contribution in [1.29, 1.82) is 0 Å². The van der Waals surface area contributed by atoms with Gasteiger partial charge in [0, 0.05) is 12.1 Å². The number of benzene rings is 2. The molecular formula is C17H20N3O7P. The summed E-state index contributed by atoms with van der Waals surface area (Å²) in [6, 6.07) is 11.4. The molecule has 0 saturated heterocycles. The maximum Gasteiger partial charge on any atom is 0.357 e. The first kappa shape index (κ1) is 21.5. The van der Waals surface area contributed by atoms with Gasteiger partial charge in [0.1, 0.15) is 5.69 Å². The number of nitrogens with zero attached hydrogens (tertiary/aromatic N) is 2. The summed E-state index contributed by atoms with van der Waals surface area (Å²) in [6.45, 7) is 3.25. The minimum Gasteiger partial charge on any atom is -0.362 e. The van der Waals surface area contributed by atoms with Crippen LogP contribution in [0.5, 0.6) is 0 Å². The fourth-order valence-electron chi connectivity index (χ4n) is 2.66. The lowest BCUT2D eigenvalue weighted by Gasteiger charge is -2.27. The molecule has 10 nitrogen and oxygen atoms in total. The van der Waals surface area contributed by atoms with Gasteiger partial charge in [-0.05, 0) is 26.0 Å². The minimum absolute atomic E-state index is 0.0208. The van der Waals surface area contributed by atoms with Gasteiger partial charge in [-0.15, -0.1) is 0 Å². The molecule has 0 amide bonds. The van der Waals surface area contributed by atoms with Crippen molar-refractivity contribution >= 4 is 24.7 Å². The first-order valence-corrected chi connectivity index (χ1v) is 10.1. The van der Waals surface area contributed by atoms with Crippen molar-refractivity contribution < 1.29 is 23.5 Å². The number of nitrogens with one attached hydrogen (secondary N) is 1. The third-order valence-corrected chi connectivity index (χ3v) is 6.03. The van der Waals surface area contributed by atoms with Crippen molar-refractivity contribution in [3.05, 3.63) is 74.3 Å². The van der Waals surface area contributed by atoms with Crippen LogP contribution in [0.15, 0.2) is 48.5 Å². The topological polar surface area (TPSA) is 134 Å². The smallest absolute Gasteiger partial charge is 0.357 e. The summed E-state index contributed by atoms with van der Waals surface area (Å²) in [7, 11) is -3.97. The fraction of sp³-hybridized carbons (Fsp3) is 0.294. The molecule has 150 valence electrons. The van der Waals surface area contributed by atoms with E-state index >= 15 is 0 Å². The van der Waals surface area contributed by atoms with Gasteiger partial charge >= 0.3 is 7.60 Å². The minimum atomic E-state index is -3.97. The molecule has 11 heteroatoms. The summed E-state index contributed by atoms with van der Waals surface area (Å²) in [5.74, 6) is -1.32. The van der Waals surface area contributed by atoms with Crippen LogP contribution in [0.3, 0.4) is 0 Å². The third kappa shape index (κ3) is 4.72. The van der Waals surface area contributed by atoms with E-state index in [4.69, 9.17) is 9.05 Å². The van der Waals surface area contributed by atoms with Gasteiger partial charge in [-0.25, -0.2) is 0 Å². The normalized spacial score (nSPS) is 12.4. The van der Waals surface area contributed by atoms with Gasteiger partial charge in [0.2, 0.25) is 0 Å². The Kier molecular flexibility index (Phi) is 7.22. The predicted octanol–water partition coefficient (Wildman–Crippen LogP) is 4.88. The van der Waals surface area contributed by atoms with Gasteiger partial charge in [-0.3, -0.25) is 24.8 Å². The largest absolute Gasteiger partial charge is 0.362 e. The highest BCUT2D eigenvalue weighted by Gasteiger charge is 2.41. The molecule has 1 unspecified atom stereocenters. The highest BCUT2D eigenvalue weighted by atomic mass is 31.2.